The largest absolute Gasteiger partial charge is 0.475 e. The van der Waals surface area contributed by atoms with Crippen LogP contribution in [0.3, 0.4) is 0 Å². The molecule has 1 aromatic rings. The minimum atomic E-state index is -1.11. The molecule has 1 rings (SSSR count). The molecule has 0 bridgehead atoms. The van der Waals surface area contributed by atoms with Gasteiger partial charge < -0.3 is 20.2 Å². The first-order valence-electron chi connectivity index (χ1n) is 5.77. The van der Waals surface area contributed by atoms with Gasteiger partial charge in [0.2, 0.25) is 11.7 Å². The molecule has 1 aromatic heterocycles. The molecule has 0 saturated heterocycles. The number of nitrogens with one attached hydrogen (secondary N) is 2. The Hall–Kier alpha value is -1.82. The van der Waals surface area contributed by atoms with Gasteiger partial charge in [-0.3, -0.25) is 4.79 Å². The first-order valence-corrected chi connectivity index (χ1v) is 5.77. The Morgan fingerprint density at radius 2 is 2.17 bits per heavy atom. The van der Waals surface area contributed by atoms with Crippen LogP contribution in [0.15, 0.2) is 16.7 Å². The van der Waals surface area contributed by atoms with Gasteiger partial charge in [0.25, 0.3) is 0 Å². The normalized spacial score (nSPS) is 10.6. The Morgan fingerprint density at radius 3 is 2.78 bits per heavy atom. The number of amides is 1. The van der Waals surface area contributed by atoms with Gasteiger partial charge in [0, 0.05) is 18.7 Å². The molecule has 0 aromatic carbocycles. The molecule has 3 N–H and O–H groups in total. The Bertz CT molecular complexity index is 412. The SMILES string of the molecule is CC(C)CNC(=O)CNCc1ccoc1C(=O)O. The molecular formula is C12H18N2O4. The fourth-order valence-corrected chi connectivity index (χ4v) is 1.35. The minimum absolute atomic E-state index is 0.0925. The quantitative estimate of drug-likeness (QED) is 0.670. The Kier molecular flexibility index (Phi) is 5.38. The molecule has 0 unspecified atom stereocenters. The van der Waals surface area contributed by atoms with Gasteiger partial charge in [0.1, 0.15) is 0 Å². The summed E-state index contributed by atoms with van der Waals surface area (Å²) in [4.78, 5) is 22.1. The molecule has 0 radical (unpaired) electrons. The van der Waals surface area contributed by atoms with E-state index < -0.39 is 5.97 Å². The van der Waals surface area contributed by atoms with Gasteiger partial charge in [0.15, 0.2) is 0 Å². The number of hydrogen-bond donors (Lipinski definition) is 3. The van der Waals surface area contributed by atoms with Gasteiger partial charge in [-0.05, 0) is 12.0 Å². The molecule has 1 heterocycles. The van der Waals surface area contributed by atoms with Crippen molar-refractivity contribution in [2.45, 2.75) is 20.4 Å². The van der Waals surface area contributed by atoms with Crippen molar-refractivity contribution in [1.82, 2.24) is 10.6 Å². The van der Waals surface area contributed by atoms with Gasteiger partial charge in [-0.2, -0.15) is 0 Å². The summed E-state index contributed by atoms with van der Waals surface area (Å²) in [6.45, 7) is 5.09. The lowest BCUT2D eigenvalue weighted by atomic mass is 10.2. The third-order valence-electron chi connectivity index (χ3n) is 2.25. The van der Waals surface area contributed by atoms with E-state index in [-0.39, 0.29) is 24.8 Å². The highest BCUT2D eigenvalue weighted by Crippen LogP contribution is 2.09. The van der Waals surface area contributed by atoms with E-state index in [1.807, 2.05) is 13.8 Å². The first-order chi connectivity index (χ1) is 8.50. The van der Waals surface area contributed by atoms with Gasteiger partial charge in [-0.25, -0.2) is 4.79 Å². The van der Waals surface area contributed by atoms with Crippen molar-refractivity contribution in [1.29, 1.82) is 0 Å². The van der Waals surface area contributed by atoms with E-state index >= 15 is 0 Å². The standard InChI is InChI=1S/C12H18N2O4/c1-8(2)5-14-10(15)7-13-6-9-3-4-18-11(9)12(16)17/h3-4,8,13H,5-7H2,1-2H3,(H,14,15)(H,16,17). The molecule has 0 atom stereocenters. The monoisotopic (exact) mass is 254 g/mol. The Labute approximate surface area is 105 Å². The molecule has 0 fully saturated rings. The first kappa shape index (κ1) is 14.2. The molecule has 6 heteroatoms. The maximum atomic E-state index is 11.4. The zero-order valence-electron chi connectivity index (χ0n) is 10.5. The highest BCUT2D eigenvalue weighted by atomic mass is 16.4. The Balaban J connectivity index is 2.31. The van der Waals surface area contributed by atoms with Crippen LogP contribution in [0.2, 0.25) is 0 Å². The van der Waals surface area contributed by atoms with Crippen LogP contribution < -0.4 is 10.6 Å². The summed E-state index contributed by atoms with van der Waals surface area (Å²) in [5.41, 5.74) is 0.527. The number of carboxylic acid groups (broad SMARTS) is 1. The van der Waals surface area contributed by atoms with Gasteiger partial charge in [-0.15, -0.1) is 0 Å². The van der Waals surface area contributed by atoms with Gasteiger partial charge in [-0.1, -0.05) is 13.8 Å². The van der Waals surface area contributed by atoms with Crippen molar-refractivity contribution in [2.24, 2.45) is 5.92 Å². The zero-order chi connectivity index (χ0) is 13.5. The van der Waals surface area contributed by atoms with Crippen LogP contribution in [0.25, 0.3) is 0 Å². The number of carbonyl (C=O) groups is 2. The van der Waals surface area contributed by atoms with Crippen LogP contribution in [0.5, 0.6) is 0 Å². The fourth-order valence-electron chi connectivity index (χ4n) is 1.35. The summed E-state index contributed by atoms with van der Waals surface area (Å²) in [6, 6.07) is 1.57. The third kappa shape index (κ3) is 4.58. The summed E-state index contributed by atoms with van der Waals surface area (Å²) in [5.74, 6) is -0.906. The molecule has 18 heavy (non-hydrogen) atoms. The van der Waals surface area contributed by atoms with Gasteiger partial charge in [0.05, 0.1) is 12.8 Å². The van der Waals surface area contributed by atoms with Crippen LogP contribution in [0, 0.1) is 5.92 Å². The second-order valence-electron chi connectivity index (χ2n) is 4.38. The van der Waals surface area contributed by atoms with Crippen LogP contribution in [0.1, 0.15) is 30.0 Å². The van der Waals surface area contributed by atoms with Crippen LogP contribution in [0.4, 0.5) is 0 Å². The van der Waals surface area contributed by atoms with E-state index in [0.29, 0.717) is 18.0 Å². The smallest absolute Gasteiger partial charge is 0.372 e. The van der Waals surface area contributed by atoms with Crippen molar-refractivity contribution in [3.8, 4) is 0 Å². The predicted molar refractivity (Wildman–Crippen MR) is 65.2 cm³/mol. The number of carboxylic acids is 1. The van der Waals surface area contributed by atoms with E-state index in [4.69, 9.17) is 9.52 Å². The lowest BCUT2D eigenvalue weighted by molar-refractivity contribution is -0.120. The van der Waals surface area contributed by atoms with Crippen LogP contribution in [-0.4, -0.2) is 30.1 Å². The lowest BCUT2D eigenvalue weighted by Crippen LogP contribution is -2.35. The van der Waals surface area contributed by atoms with E-state index in [9.17, 15) is 9.59 Å². The molecule has 1 amide bonds. The molecule has 0 spiro atoms. The summed E-state index contributed by atoms with van der Waals surface area (Å²) in [7, 11) is 0. The van der Waals surface area contributed by atoms with Crippen molar-refractivity contribution < 1.29 is 19.1 Å². The maximum Gasteiger partial charge on any atom is 0.372 e. The average molecular weight is 254 g/mol. The average Bonchev–Trinajstić information content (AvgIpc) is 2.74. The van der Waals surface area contributed by atoms with Crippen molar-refractivity contribution in [3.63, 3.8) is 0 Å². The summed E-state index contributed by atoms with van der Waals surface area (Å²) in [6.07, 6.45) is 1.32. The highest BCUT2D eigenvalue weighted by Gasteiger charge is 2.13. The second-order valence-corrected chi connectivity index (χ2v) is 4.38. The number of rotatable bonds is 7. The molecule has 100 valence electrons. The summed E-state index contributed by atoms with van der Waals surface area (Å²) < 4.78 is 4.82. The highest BCUT2D eigenvalue weighted by molar-refractivity contribution is 5.86. The number of carbonyl (C=O) groups excluding carboxylic acids is 1. The summed E-state index contributed by atoms with van der Waals surface area (Å²) in [5, 5.41) is 14.4. The van der Waals surface area contributed by atoms with Crippen LogP contribution >= 0.6 is 0 Å². The molecular weight excluding hydrogens is 236 g/mol. The predicted octanol–water partition coefficient (Wildman–Crippen LogP) is 0.840. The maximum absolute atomic E-state index is 11.4. The third-order valence-corrected chi connectivity index (χ3v) is 2.25. The van der Waals surface area contributed by atoms with Crippen molar-refractivity contribution in [2.75, 3.05) is 13.1 Å². The number of furan rings is 1. The van der Waals surface area contributed by atoms with E-state index in [2.05, 4.69) is 10.6 Å². The van der Waals surface area contributed by atoms with Crippen molar-refractivity contribution in [3.05, 3.63) is 23.7 Å². The summed E-state index contributed by atoms with van der Waals surface area (Å²) >= 11 is 0. The molecule has 0 aliphatic heterocycles. The molecule has 0 aliphatic rings. The number of hydrogen-bond acceptors (Lipinski definition) is 4. The Morgan fingerprint density at radius 1 is 1.44 bits per heavy atom. The fraction of sp³-hybridized carbons (Fsp3) is 0.500. The molecule has 6 nitrogen and oxygen atoms in total. The van der Waals surface area contributed by atoms with Crippen molar-refractivity contribution >= 4 is 11.9 Å². The van der Waals surface area contributed by atoms with E-state index in [0.717, 1.165) is 0 Å². The van der Waals surface area contributed by atoms with E-state index in [1.165, 1.54) is 6.26 Å². The van der Waals surface area contributed by atoms with Crippen LogP contribution in [-0.2, 0) is 11.3 Å². The van der Waals surface area contributed by atoms with E-state index in [1.54, 1.807) is 6.07 Å². The molecule has 0 saturated carbocycles. The molecule has 0 aliphatic carbocycles. The second kappa shape index (κ2) is 6.80. The minimum Gasteiger partial charge on any atom is -0.475 e. The lowest BCUT2D eigenvalue weighted by Gasteiger charge is -2.08. The number of aromatic carboxylic acids is 1. The topological polar surface area (TPSA) is 91.6 Å². The zero-order valence-corrected chi connectivity index (χ0v) is 10.5. The van der Waals surface area contributed by atoms with Gasteiger partial charge >= 0.3 is 5.97 Å².